The predicted molar refractivity (Wildman–Crippen MR) is 67.9 cm³/mol. The first-order chi connectivity index (χ1) is 8.17. The molecule has 2 rings (SSSR count). The molecule has 0 aliphatic heterocycles. The Morgan fingerprint density at radius 2 is 2.24 bits per heavy atom. The second kappa shape index (κ2) is 4.72. The number of methoxy groups -OCH3 is 1. The van der Waals surface area contributed by atoms with Gasteiger partial charge >= 0.3 is 0 Å². The molecule has 3 nitrogen and oxygen atoms in total. The van der Waals surface area contributed by atoms with E-state index >= 15 is 0 Å². The molecule has 0 N–H and O–H groups in total. The van der Waals surface area contributed by atoms with Crippen LogP contribution in [0.4, 0.5) is 0 Å². The van der Waals surface area contributed by atoms with E-state index in [1.807, 2.05) is 6.92 Å². The van der Waals surface area contributed by atoms with Crippen molar-refractivity contribution in [1.29, 1.82) is 0 Å². The van der Waals surface area contributed by atoms with E-state index < -0.39 is 0 Å². The summed E-state index contributed by atoms with van der Waals surface area (Å²) in [5.74, 6) is 0.574. The van der Waals surface area contributed by atoms with Crippen LogP contribution in [0.5, 0.6) is 5.75 Å². The second-order valence-corrected chi connectivity index (χ2v) is 4.05. The van der Waals surface area contributed by atoms with Gasteiger partial charge in [-0.1, -0.05) is 18.5 Å². The Hall–Kier alpha value is -1.61. The van der Waals surface area contributed by atoms with Gasteiger partial charge in [0, 0.05) is 18.0 Å². The lowest BCUT2D eigenvalue weighted by Gasteiger charge is -2.09. The highest BCUT2D eigenvalue weighted by molar-refractivity contribution is 6.35. The minimum Gasteiger partial charge on any atom is -0.496 e. The molecule has 0 bridgehead atoms. The van der Waals surface area contributed by atoms with E-state index in [9.17, 15) is 4.79 Å². The van der Waals surface area contributed by atoms with Crippen LogP contribution in [0.15, 0.2) is 24.4 Å². The van der Waals surface area contributed by atoms with Crippen LogP contribution in [0.3, 0.4) is 0 Å². The fraction of sp³-hybridized carbons (Fsp3) is 0.231. The fourth-order valence-electron chi connectivity index (χ4n) is 1.72. The smallest absolute Gasteiger partial charge is 0.166 e. The van der Waals surface area contributed by atoms with Crippen LogP contribution >= 0.6 is 11.6 Å². The van der Waals surface area contributed by atoms with E-state index in [0.29, 0.717) is 28.3 Å². The van der Waals surface area contributed by atoms with Crippen molar-refractivity contribution in [3.05, 3.63) is 35.0 Å². The summed E-state index contributed by atoms with van der Waals surface area (Å²) < 4.78 is 5.22. The molecule has 0 saturated carbocycles. The van der Waals surface area contributed by atoms with Gasteiger partial charge in [-0.3, -0.25) is 9.78 Å². The van der Waals surface area contributed by atoms with Crippen LogP contribution < -0.4 is 4.74 Å². The highest BCUT2D eigenvalue weighted by Crippen LogP contribution is 2.29. The molecule has 1 aromatic carbocycles. The van der Waals surface area contributed by atoms with Gasteiger partial charge in [0.1, 0.15) is 5.75 Å². The number of fused-ring (bicyclic) bond motifs is 1. The number of carbonyl (C=O) groups excluding carboxylic acids is 1. The van der Waals surface area contributed by atoms with Crippen molar-refractivity contribution in [2.45, 2.75) is 13.3 Å². The fourth-order valence-corrected chi connectivity index (χ4v) is 1.92. The summed E-state index contributed by atoms with van der Waals surface area (Å²) >= 11 is 6.07. The van der Waals surface area contributed by atoms with E-state index in [1.165, 1.54) is 7.11 Å². The zero-order chi connectivity index (χ0) is 12.4. The third-order valence-electron chi connectivity index (χ3n) is 2.63. The average Bonchev–Trinajstić information content (AvgIpc) is 2.37. The first-order valence-electron chi connectivity index (χ1n) is 5.32. The molecule has 4 heteroatoms. The lowest BCUT2D eigenvalue weighted by molar-refractivity contribution is 0.0985. The molecule has 0 amide bonds. The highest BCUT2D eigenvalue weighted by atomic mass is 35.5. The van der Waals surface area contributed by atoms with Gasteiger partial charge in [-0.05, 0) is 18.2 Å². The van der Waals surface area contributed by atoms with Crippen LogP contribution in [0.2, 0.25) is 5.02 Å². The van der Waals surface area contributed by atoms with Gasteiger partial charge < -0.3 is 4.74 Å². The van der Waals surface area contributed by atoms with Gasteiger partial charge in [0.2, 0.25) is 0 Å². The number of Topliss-reactive ketones (excluding diaryl/α,β-unsaturated/α-hetero) is 1. The van der Waals surface area contributed by atoms with Crippen molar-refractivity contribution in [3.63, 3.8) is 0 Å². The van der Waals surface area contributed by atoms with E-state index in [2.05, 4.69) is 4.98 Å². The quantitative estimate of drug-likeness (QED) is 0.782. The Morgan fingerprint density at radius 3 is 2.88 bits per heavy atom. The van der Waals surface area contributed by atoms with E-state index in [-0.39, 0.29) is 5.78 Å². The van der Waals surface area contributed by atoms with Crippen LogP contribution in [0.1, 0.15) is 23.7 Å². The number of hydrogen-bond donors (Lipinski definition) is 0. The molecule has 1 aromatic heterocycles. The number of nitrogens with zero attached hydrogens (tertiary/aromatic N) is 1. The molecule has 0 radical (unpaired) electrons. The molecule has 0 spiro atoms. The minimum absolute atomic E-state index is 0.0329. The maximum Gasteiger partial charge on any atom is 0.166 e. The van der Waals surface area contributed by atoms with E-state index in [0.717, 1.165) is 5.39 Å². The standard InChI is InChI=1S/C13H12ClNO2/c1-3-12(16)9-6-11-8(7-13(9)17-2)10(14)4-5-15-11/h4-7H,3H2,1-2H3. The first kappa shape index (κ1) is 11.9. The summed E-state index contributed by atoms with van der Waals surface area (Å²) in [7, 11) is 1.54. The summed E-state index contributed by atoms with van der Waals surface area (Å²) in [6.07, 6.45) is 2.06. The third kappa shape index (κ3) is 2.11. The van der Waals surface area contributed by atoms with Crippen molar-refractivity contribution in [2.75, 3.05) is 7.11 Å². The molecular formula is C13H12ClNO2. The summed E-state index contributed by atoms with van der Waals surface area (Å²) in [6.45, 7) is 1.82. The van der Waals surface area contributed by atoms with Crippen molar-refractivity contribution in [3.8, 4) is 5.75 Å². The van der Waals surface area contributed by atoms with Crippen molar-refractivity contribution in [2.24, 2.45) is 0 Å². The summed E-state index contributed by atoms with van der Waals surface area (Å²) in [6, 6.07) is 5.20. The van der Waals surface area contributed by atoms with Crippen LogP contribution in [0, 0.1) is 0 Å². The Bertz CT molecular complexity index is 581. The van der Waals surface area contributed by atoms with E-state index in [1.54, 1.807) is 24.4 Å². The van der Waals surface area contributed by atoms with Crippen molar-refractivity contribution < 1.29 is 9.53 Å². The molecule has 17 heavy (non-hydrogen) atoms. The number of rotatable bonds is 3. The number of benzene rings is 1. The highest BCUT2D eigenvalue weighted by Gasteiger charge is 2.13. The summed E-state index contributed by atoms with van der Waals surface area (Å²) in [5, 5.41) is 1.39. The molecule has 0 aliphatic rings. The van der Waals surface area contributed by atoms with Crippen molar-refractivity contribution >= 4 is 28.3 Å². The first-order valence-corrected chi connectivity index (χ1v) is 5.70. The van der Waals surface area contributed by atoms with Gasteiger partial charge in [-0.25, -0.2) is 0 Å². The molecule has 0 atom stereocenters. The number of aromatic nitrogens is 1. The van der Waals surface area contributed by atoms with Gasteiger partial charge in [-0.2, -0.15) is 0 Å². The van der Waals surface area contributed by atoms with Crippen LogP contribution in [-0.4, -0.2) is 17.9 Å². The molecule has 0 fully saturated rings. The third-order valence-corrected chi connectivity index (χ3v) is 2.96. The maximum atomic E-state index is 11.8. The molecule has 0 unspecified atom stereocenters. The number of ether oxygens (including phenoxy) is 1. The molecule has 88 valence electrons. The number of ketones is 1. The van der Waals surface area contributed by atoms with Crippen LogP contribution in [0.25, 0.3) is 10.9 Å². The lowest BCUT2D eigenvalue weighted by atomic mass is 10.0. The van der Waals surface area contributed by atoms with Gasteiger partial charge in [0.25, 0.3) is 0 Å². The predicted octanol–water partition coefficient (Wildman–Crippen LogP) is 3.49. The SMILES string of the molecule is CCC(=O)c1cc2nccc(Cl)c2cc1OC. The normalized spacial score (nSPS) is 10.5. The van der Waals surface area contributed by atoms with Gasteiger partial charge in [0.05, 0.1) is 23.2 Å². The van der Waals surface area contributed by atoms with Gasteiger partial charge in [0.15, 0.2) is 5.78 Å². The average molecular weight is 250 g/mol. The van der Waals surface area contributed by atoms with Gasteiger partial charge in [-0.15, -0.1) is 0 Å². The largest absolute Gasteiger partial charge is 0.496 e. The molecular weight excluding hydrogens is 238 g/mol. The number of pyridine rings is 1. The molecule has 0 saturated heterocycles. The molecule has 1 heterocycles. The van der Waals surface area contributed by atoms with E-state index in [4.69, 9.17) is 16.3 Å². The van der Waals surface area contributed by atoms with Crippen molar-refractivity contribution in [1.82, 2.24) is 4.98 Å². The molecule has 2 aromatic rings. The maximum absolute atomic E-state index is 11.8. The number of carbonyl (C=O) groups is 1. The monoisotopic (exact) mass is 249 g/mol. The Morgan fingerprint density at radius 1 is 1.47 bits per heavy atom. The Balaban J connectivity index is 2.73. The zero-order valence-corrected chi connectivity index (χ0v) is 10.4. The Labute approximate surface area is 104 Å². The number of halogens is 1. The summed E-state index contributed by atoms with van der Waals surface area (Å²) in [5.41, 5.74) is 1.26. The van der Waals surface area contributed by atoms with Crippen LogP contribution in [-0.2, 0) is 0 Å². The second-order valence-electron chi connectivity index (χ2n) is 3.64. The molecule has 0 aliphatic carbocycles. The topological polar surface area (TPSA) is 39.2 Å². The number of hydrogen-bond acceptors (Lipinski definition) is 3. The lowest BCUT2D eigenvalue weighted by Crippen LogP contribution is -2.01. The Kier molecular flexibility index (Phi) is 3.29. The minimum atomic E-state index is 0.0329. The summed E-state index contributed by atoms with van der Waals surface area (Å²) in [4.78, 5) is 16.0. The zero-order valence-electron chi connectivity index (χ0n) is 9.66.